The van der Waals surface area contributed by atoms with Gasteiger partial charge in [0.2, 0.25) is 0 Å². The molecule has 2 aliphatic rings. The average Bonchev–Trinajstić information content (AvgIpc) is 3.76. The number of hydrogen-bond donors (Lipinski definition) is 2. The number of carbonyl (C=O) groups excluding carboxylic acids is 1. The maximum absolute atomic E-state index is 14.2. The maximum Gasteiger partial charge on any atom is 0.195 e. The molecule has 0 spiro atoms. The van der Waals surface area contributed by atoms with Crippen molar-refractivity contribution in [3.8, 4) is 21.9 Å². The molecule has 3 heterocycles. The van der Waals surface area contributed by atoms with Gasteiger partial charge >= 0.3 is 0 Å². The lowest BCUT2D eigenvalue weighted by molar-refractivity contribution is 0.104. The van der Waals surface area contributed by atoms with Gasteiger partial charge in [0.25, 0.3) is 0 Å². The highest BCUT2D eigenvalue weighted by Crippen LogP contribution is 2.41. The van der Waals surface area contributed by atoms with Gasteiger partial charge in [0.15, 0.2) is 5.78 Å². The number of aliphatic hydroxyl groups excluding tert-OH is 1. The Bertz CT molecular complexity index is 1520. The molecular weight excluding hydrogens is 532 g/mol. The molecule has 4 aromatic rings. The number of nitrogens with zero attached hydrogens (tertiary/aromatic N) is 2. The third-order valence-corrected chi connectivity index (χ3v) is 9.86. The van der Waals surface area contributed by atoms with E-state index < -0.39 is 0 Å². The number of ketones is 1. The molecule has 6 nitrogen and oxygen atoms in total. The Kier molecular flexibility index (Phi) is 8.40. The van der Waals surface area contributed by atoms with Gasteiger partial charge in [-0.05, 0) is 87.1 Å². The summed E-state index contributed by atoms with van der Waals surface area (Å²) in [4.78, 5) is 19.9. The second-order valence-corrected chi connectivity index (χ2v) is 12.3. The Labute approximate surface area is 245 Å². The van der Waals surface area contributed by atoms with Crippen LogP contribution in [0.5, 0.6) is 11.5 Å². The van der Waals surface area contributed by atoms with E-state index in [1.807, 2.05) is 24.3 Å². The molecule has 2 N–H and O–H groups in total. The molecule has 0 bridgehead atoms. The monoisotopic (exact) mass is 570 g/mol. The number of rotatable bonds is 10. The number of likely N-dealkylation sites (tertiary alicyclic amines) is 2. The number of carbonyl (C=O) groups is 1. The first-order valence-corrected chi connectivity index (χ1v) is 15.5. The quantitative estimate of drug-likeness (QED) is 0.224. The molecule has 214 valence electrons. The van der Waals surface area contributed by atoms with Gasteiger partial charge in [-0.2, -0.15) is 0 Å². The lowest BCUT2D eigenvalue weighted by atomic mass is 9.96. The highest BCUT2D eigenvalue weighted by atomic mass is 32.1. The van der Waals surface area contributed by atoms with Crippen LogP contribution in [0, 0.1) is 0 Å². The number of ether oxygens (including phenoxy) is 1. The van der Waals surface area contributed by atoms with Crippen LogP contribution in [0.2, 0.25) is 0 Å². The van der Waals surface area contributed by atoms with E-state index in [-0.39, 0.29) is 24.2 Å². The summed E-state index contributed by atoms with van der Waals surface area (Å²) in [6.07, 6.45) is 5.60. The molecule has 0 unspecified atom stereocenters. The standard InChI is InChI=1S/C34H38N2O4S/c1-40-30-19-25(10-11-26(30)21-35-15-2-3-16-35)33(39)32-29-13-12-28(38)20-31(29)41-34(32)24-8-6-23(7-9-24)14-18-36-17-4-5-27(36)22-37/h6-13,19-20,27,37-38H,2-5,14-18,21-22H2,1H3/t27-/m0/s1. The van der Waals surface area contributed by atoms with Crippen LogP contribution >= 0.6 is 11.3 Å². The predicted molar refractivity (Wildman–Crippen MR) is 165 cm³/mol. The first-order chi connectivity index (χ1) is 20.0. The minimum absolute atomic E-state index is 0.0453. The van der Waals surface area contributed by atoms with E-state index in [1.165, 1.54) is 29.7 Å². The van der Waals surface area contributed by atoms with E-state index in [2.05, 4.69) is 34.1 Å². The summed E-state index contributed by atoms with van der Waals surface area (Å²) < 4.78 is 6.63. The van der Waals surface area contributed by atoms with E-state index in [0.29, 0.717) is 11.1 Å². The van der Waals surface area contributed by atoms with Crippen molar-refractivity contribution < 1.29 is 19.7 Å². The van der Waals surface area contributed by atoms with Crippen molar-refractivity contribution in [3.63, 3.8) is 0 Å². The lowest BCUT2D eigenvalue weighted by Gasteiger charge is -2.22. The van der Waals surface area contributed by atoms with Gasteiger partial charge in [-0.3, -0.25) is 14.6 Å². The number of phenols is 1. The molecule has 0 amide bonds. The molecule has 1 aromatic heterocycles. The van der Waals surface area contributed by atoms with Crippen LogP contribution in [0.4, 0.5) is 0 Å². The zero-order chi connectivity index (χ0) is 28.3. The van der Waals surface area contributed by atoms with E-state index in [0.717, 1.165) is 83.8 Å². The Morgan fingerprint density at radius 1 is 1.00 bits per heavy atom. The van der Waals surface area contributed by atoms with E-state index in [4.69, 9.17) is 4.74 Å². The van der Waals surface area contributed by atoms with Gasteiger partial charge in [-0.1, -0.05) is 36.4 Å². The second-order valence-electron chi connectivity index (χ2n) is 11.3. The summed E-state index contributed by atoms with van der Waals surface area (Å²) in [6, 6.07) is 19.8. The summed E-state index contributed by atoms with van der Waals surface area (Å²) in [6.45, 7) is 5.24. The SMILES string of the molecule is COc1cc(C(=O)c2c(-c3ccc(CCN4CCC[C@H]4CO)cc3)sc3cc(O)ccc23)ccc1CN1CCCC1. The fourth-order valence-electron chi connectivity index (χ4n) is 6.35. The molecule has 2 saturated heterocycles. The Balaban J connectivity index is 1.29. The summed E-state index contributed by atoms with van der Waals surface area (Å²) in [5.41, 5.74) is 4.59. The molecule has 6 rings (SSSR count). The van der Waals surface area contributed by atoms with E-state index in [1.54, 1.807) is 19.2 Å². The fraction of sp³-hybridized carbons (Fsp3) is 0.382. The minimum atomic E-state index is -0.0453. The Morgan fingerprint density at radius 2 is 1.80 bits per heavy atom. The van der Waals surface area contributed by atoms with E-state index in [9.17, 15) is 15.0 Å². The smallest absolute Gasteiger partial charge is 0.195 e. The summed E-state index contributed by atoms with van der Waals surface area (Å²) in [5, 5.41) is 20.7. The number of methoxy groups -OCH3 is 1. The van der Waals surface area contributed by atoms with Gasteiger partial charge < -0.3 is 14.9 Å². The van der Waals surface area contributed by atoms with Crippen molar-refractivity contribution in [3.05, 3.63) is 82.9 Å². The summed E-state index contributed by atoms with van der Waals surface area (Å²) >= 11 is 1.54. The number of thiophene rings is 1. The fourth-order valence-corrected chi connectivity index (χ4v) is 7.59. The molecule has 2 aliphatic heterocycles. The Hall–Kier alpha value is -3.23. The van der Waals surface area contributed by atoms with Gasteiger partial charge in [0.1, 0.15) is 11.5 Å². The van der Waals surface area contributed by atoms with Crippen LogP contribution in [-0.2, 0) is 13.0 Å². The molecule has 2 fully saturated rings. The number of aliphatic hydroxyl groups is 1. The van der Waals surface area contributed by atoms with Crippen molar-refractivity contribution in [1.82, 2.24) is 9.80 Å². The van der Waals surface area contributed by atoms with Gasteiger partial charge in [-0.15, -0.1) is 11.3 Å². The predicted octanol–water partition coefficient (Wildman–Crippen LogP) is 6.11. The van der Waals surface area contributed by atoms with Crippen LogP contribution in [-0.4, -0.2) is 71.7 Å². The van der Waals surface area contributed by atoms with Gasteiger partial charge in [-0.25, -0.2) is 0 Å². The molecular formula is C34H38N2O4S. The van der Waals surface area contributed by atoms with Crippen LogP contribution in [0.3, 0.4) is 0 Å². The van der Waals surface area contributed by atoms with Crippen molar-refractivity contribution in [2.75, 3.05) is 39.9 Å². The lowest BCUT2D eigenvalue weighted by Crippen LogP contribution is -2.33. The number of phenolic OH excluding ortho intramolecular Hbond substituents is 1. The largest absolute Gasteiger partial charge is 0.508 e. The Morgan fingerprint density at radius 3 is 2.56 bits per heavy atom. The topological polar surface area (TPSA) is 73.2 Å². The first-order valence-electron chi connectivity index (χ1n) is 14.7. The van der Waals surface area contributed by atoms with Crippen LogP contribution in [0.25, 0.3) is 20.5 Å². The summed E-state index contributed by atoms with van der Waals surface area (Å²) in [7, 11) is 1.67. The average molecular weight is 571 g/mol. The third-order valence-electron chi connectivity index (χ3n) is 8.66. The molecule has 0 aliphatic carbocycles. The zero-order valence-corrected chi connectivity index (χ0v) is 24.5. The second kappa shape index (κ2) is 12.3. The van der Waals surface area contributed by atoms with Crippen molar-refractivity contribution >= 4 is 27.2 Å². The van der Waals surface area contributed by atoms with Crippen molar-refractivity contribution in [2.45, 2.75) is 44.7 Å². The summed E-state index contributed by atoms with van der Waals surface area (Å²) in [5.74, 6) is 0.888. The maximum atomic E-state index is 14.2. The zero-order valence-electron chi connectivity index (χ0n) is 23.6. The molecule has 0 saturated carbocycles. The van der Waals surface area contributed by atoms with Crippen molar-refractivity contribution in [2.24, 2.45) is 0 Å². The van der Waals surface area contributed by atoms with Gasteiger partial charge in [0, 0.05) is 50.8 Å². The van der Waals surface area contributed by atoms with E-state index >= 15 is 0 Å². The molecule has 3 aromatic carbocycles. The highest BCUT2D eigenvalue weighted by Gasteiger charge is 2.25. The van der Waals surface area contributed by atoms with Crippen molar-refractivity contribution in [1.29, 1.82) is 0 Å². The number of fused-ring (bicyclic) bond motifs is 1. The number of benzene rings is 3. The number of aromatic hydroxyl groups is 1. The number of hydrogen-bond acceptors (Lipinski definition) is 7. The molecule has 41 heavy (non-hydrogen) atoms. The van der Waals surface area contributed by atoms with Gasteiger partial charge in [0.05, 0.1) is 13.7 Å². The minimum Gasteiger partial charge on any atom is -0.508 e. The van der Waals surface area contributed by atoms with Crippen LogP contribution < -0.4 is 4.74 Å². The normalized spacial score (nSPS) is 18.0. The van der Waals surface area contributed by atoms with Crippen LogP contribution in [0.1, 0.15) is 52.7 Å². The molecule has 0 radical (unpaired) electrons. The van der Waals surface area contributed by atoms with Crippen LogP contribution in [0.15, 0.2) is 60.7 Å². The molecule has 1 atom stereocenters. The molecule has 7 heteroatoms. The third kappa shape index (κ3) is 5.90. The first kappa shape index (κ1) is 27.9. The highest BCUT2D eigenvalue weighted by molar-refractivity contribution is 7.22.